The van der Waals surface area contributed by atoms with Crippen molar-refractivity contribution in [2.75, 3.05) is 12.1 Å². The molecule has 6 nitrogen and oxygen atoms in total. The second-order valence-electron chi connectivity index (χ2n) is 6.20. The first-order chi connectivity index (χ1) is 13.7. The van der Waals surface area contributed by atoms with Crippen LogP contribution in [0.15, 0.2) is 72.8 Å². The molecule has 1 amide bonds. The molecule has 1 aliphatic rings. The van der Waals surface area contributed by atoms with Crippen molar-refractivity contribution in [2.45, 2.75) is 13.0 Å². The van der Waals surface area contributed by atoms with Crippen molar-refractivity contribution in [3.8, 4) is 28.7 Å². The van der Waals surface area contributed by atoms with Gasteiger partial charge in [-0.2, -0.15) is 0 Å². The molecule has 142 valence electrons. The van der Waals surface area contributed by atoms with Crippen molar-refractivity contribution in [1.29, 1.82) is 0 Å². The van der Waals surface area contributed by atoms with Crippen LogP contribution in [0.5, 0.6) is 28.7 Å². The van der Waals surface area contributed by atoms with E-state index in [1.807, 2.05) is 30.3 Å². The Kier molecular flexibility index (Phi) is 5.01. The van der Waals surface area contributed by atoms with Gasteiger partial charge in [0.1, 0.15) is 17.2 Å². The van der Waals surface area contributed by atoms with Crippen molar-refractivity contribution in [2.24, 2.45) is 0 Å². The fourth-order valence-corrected chi connectivity index (χ4v) is 2.68. The zero-order valence-electron chi connectivity index (χ0n) is 15.3. The third kappa shape index (κ3) is 4.17. The SMILES string of the molecule is C[C@@H](Oc1ccc2c(c1)OCO2)C(=O)Nc1ccc(Oc2ccccc2)cc1. The topological polar surface area (TPSA) is 66.0 Å². The minimum atomic E-state index is -0.680. The summed E-state index contributed by atoms with van der Waals surface area (Å²) in [6.07, 6.45) is -0.680. The smallest absolute Gasteiger partial charge is 0.265 e. The fourth-order valence-electron chi connectivity index (χ4n) is 2.68. The quantitative estimate of drug-likeness (QED) is 0.679. The molecule has 0 fully saturated rings. The number of anilines is 1. The third-order valence-corrected chi connectivity index (χ3v) is 4.13. The molecule has 1 atom stereocenters. The normalized spacial score (nSPS) is 12.9. The summed E-state index contributed by atoms with van der Waals surface area (Å²) < 4.78 is 22.0. The molecule has 0 aromatic heterocycles. The summed E-state index contributed by atoms with van der Waals surface area (Å²) in [6.45, 7) is 1.88. The Bertz CT molecular complexity index is 956. The van der Waals surface area contributed by atoms with E-state index < -0.39 is 6.10 Å². The Morgan fingerprint density at radius 1 is 0.893 bits per heavy atom. The van der Waals surface area contributed by atoms with Gasteiger partial charge in [0.2, 0.25) is 6.79 Å². The van der Waals surface area contributed by atoms with Crippen LogP contribution in [0, 0.1) is 0 Å². The molecule has 1 aliphatic heterocycles. The molecule has 0 spiro atoms. The van der Waals surface area contributed by atoms with Crippen LogP contribution in [-0.4, -0.2) is 18.8 Å². The first-order valence-corrected chi connectivity index (χ1v) is 8.87. The van der Waals surface area contributed by atoms with Crippen molar-refractivity contribution >= 4 is 11.6 Å². The van der Waals surface area contributed by atoms with Crippen LogP contribution in [-0.2, 0) is 4.79 Å². The maximum atomic E-state index is 12.4. The van der Waals surface area contributed by atoms with Gasteiger partial charge in [-0.25, -0.2) is 0 Å². The molecule has 0 saturated heterocycles. The minimum absolute atomic E-state index is 0.193. The zero-order valence-corrected chi connectivity index (χ0v) is 15.3. The molecule has 0 bridgehead atoms. The predicted octanol–water partition coefficient (Wildman–Crippen LogP) is 4.61. The van der Waals surface area contributed by atoms with E-state index in [1.165, 1.54) is 0 Å². The molecule has 3 aromatic rings. The monoisotopic (exact) mass is 377 g/mol. The third-order valence-electron chi connectivity index (χ3n) is 4.13. The van der Waals surface area contributed by atoms with Gasteiger partial charge >= 0.3 is 0 Å². The summed E-state index contributed by atoms with van der Waals surface area (Å²) in [5.74, 6) is 3.01. The van der Waals surface area contributed by atoms with Gasteiger partial charge in [0.25, 0.3) is 5.91 Å². The van der Waals surface area contributed by atoms with Crippen molar-refractivity contribution in [3.63, 3.8) is 0 Å². The first-order valence-electron chi connectivity index (χ1n) is 8.87. The van der Waals surface area contributed by atoms with Gasteiger partial charge in [-0.15, -0.1) is 0 Å². The summed E-state index contributed by atoms with van der Waals surface area (Å²) >= 11 is 0. The molecular formula is C22H19NO5. The van der Waals surface area contributed by atoms with Gasteiger partial charge in [-0.05, 0) is 55.5 Å². The number of carbonyl (C=O) groups excluding carboxylic acids is 1. The van der Waals surface area contributed by atoms with E-state index in [1.54, 1.807) is 49.4 Å². The molecule has 3 aromatic carbocycles. The summed E-state index contributed by atoms with van der Waals surface area (Å²) in [5.41, 5.74) is 0.659. The highest BCUT2D eigenvalue weighted by Crippen LogP contribution is 2.35. The van der Waals surface area contributed by atoms with Gasteiger partial charge in [0.15, 0.2) is 17.6 Å². The lowest BCUT2D eigenvalue weighted by molar-refractivity contribution is -0.122. The van der Waals surface area contributed by atoms with Gasteiger partial charge in [-0.1, -0.05) is 18.2 Å². The van der Waals surface area contributed by atoms with Gasteiger partial charge < -0.3 is 24.3 Å². The van der Waals surface area contributed by atoms with Crippen LogP contribution in [0.1, 0.15) is 6.92 Å². The Labute approximate surface area is 162 Å². The summed E-state index contributed by atoms with van der Waals surface area (Å²) in [7, 11) is 0. The standard InChI is InChI=1S/C22H19NO5/c1-15(27-19-11-12-20-21(13-19)26-14-25-20)22(24)23-16-7-9-18(10-8-16)28-17-5-3-2-4-6-17/h2-13,15H,14H2,1H3,(H,23,24)/t15-/m1/s1. The predicted molar refractivity (Wildman–Crippen MR) is 104 cm³/mol. The molecule has 1 heterocycles. The second-order valence-corrected chi connectivity index (χ2v) is 6.20. The van der Waals surface area contributed by atoms with Gasteiger partial charge in [-0.3, -0.25) is 4.79 Å². The second kappa shape index (κ2) is 7.92. The summed E-state index contributed by atoms with van der Waals surface area (Å²) in [4.78, 5) is 12.4. The van der Waals surface area contributed by atoms with E-state index in [-0.39, 0.29) is 12.7 Å². The summed E-state index contributed by atoms with van der Waals surface area (Å²) in [5, 5.41) is 2.83. The Hall–Kier alpha value is -3.67. The molecule has 1 N–H and O–H groups in total. The molecular weight excluding hydrogens is 358 g/mol. The van der Waals surface area contributed by atoms with E-state index in [0.29, 0.717) is 28.7 Å². The fraction of sp³-hybridized carbons (Fsp3) is 0.136. The molecule has 28 heavy (non-hydrogen) atoms. The number of rotatable bonds is 6. The Morgan fingerprint density at radius 3 is 2.36 bits per heavy atom. The average Bonchev–Trinajstić information content (AvgIpc) is 3.18. The lowest BCUT2D eigenvalue weighted by Gasteiger charge is -2.15. The van der Waals surface area contributed by atoms with Crippen molar-refractivity contribution < 1.29 is 23.7 Å². The van der Waals surface area contributed by atoms with Crippen LogP contribution in [0.25, 0.3) is 0 Å². The lowest BCUT2D eigenvalue weighted by Crippen LogP contribution is -2.30. The van der Waals surface area contributed by atoms with E-state index in [2.05, 4.69) is 5.32 Å². The Balaban J connectivity index is 1.33. The number of hydrogen-bond acceptors (Lipinski definition) is 5. The highest BCUT2D eigenvalue weighted by atomic mass is 16.7. The van der Waals surface area contributed by atoms with Crippen molar-refractivity contribution in [3.05, 3.63) is 72.8 Å². The zero-order chi connectivity index (χ0) is 19.3. The highest BCUT2D eigenvalue weighted by Gasteiger charge is 2.18. The molecule has 4 rings (SSSR count). The number of benzene rings is 3. The van der Waals surface area contributed by atoms with Crippen LogP contribution in [0.2, 0.25) is 0 Å². The number of amides is 1. The van der Waals surface area contributed by atoms with E-state index in [4.69, 9.17) is 18.9 Å². The largest absolute Gasteiger partial charge is 0.481 e. The molecule has 0 aliphatic carbocycles. The van der Waals surface area contributed by atoms with E-state index in [0.717, 1.165) is 5.75 Å². The van der Waals surface area contributed by atoms with E-state index >= 15 is 0 Å². The average molecular weight is 377 g/mol. The van der Waals surface area contributed by atoms with Crippen LogP contribution in [0.4, 0.5) is 5.69 Å². The molecule has 0 saturated carbocycles. The summed E-state index contributed by atoms with van der Waals surface area (Å²) in [6, 6.07) is 21.9. The Morgan fingerprint density at radius 2 is 1.57 bits per heavy atom. The van der Waals surface area contributed by atoms with Crippen molar-refractivity contribution in [1.82, 2.24) is 0 Å². The van der Waals surface area contributed by atoms with Crippen LogP contribution >= 0.6 is 0 Å². The lowest BCUT2D eigenvalue weighted by atomic mass is 10.2. The first kappa shape index (κ1) is 17.7. The maximum absolute atomic E-state index is 12.4. The number of nitrogens with one attached hydrogen (secondary N) is 1. The molecule has 0 unspecified atom stereocenters. The molecule has 6 heteroatoms. The van der Waals surface area contributed by atoms with Crippen LogP contribution in [0.3, 0.4) is 0 Å². The molecule has 0 radical (unpaired) electrons. The van der Waals surface area contributed by atoms with Gasteiger partial charge in [0, 0.05) is 11.8 Å². The number of carbonyl (C=O) groups is 1. The maximum Gasteiger partial charge on any atom is 0.265 e. The number of para-hydroxylation sites is 1. The highest BCUT2D eigenvalue weighted by molar-refractivity contribution is 5.94. The minimum Gasteiger partial charge on any atom is -0.481 e. The number of fused-ring (bicyclic) bond motifs is 1. The number of hydrogen-bond donors (Lipinski definition) is 1. The van der Waals surface area contributed by atoms with Crippen LogP contribution < -0.4 is 24.3 Å². The van der Waals surface area contributed by atoms with Gasteiger partial charge in [0.05, 0.1) is 0 Å². The van der Waals surface area contributed by atoms with E-state index in [9.17, 15) is 4.79 Å². The number of ether oxygens (including phenoxy) is 4.